The van der Waals surface area contributed by atoms with Crippen LogP contribution in [0.3, 0.4) is 0 Å². The van der Waals surface area contributed by atoms with E-state index in [4.69, 9.17) is 9.84 Å². The van der Waals surface area contributed by atoms with Gasteiger partial charge >= 0.3 is 5.97 Å². The van der Waals surface area contributed by atoms with Crippen molar-refractivity contribution in [1.82, 2.24) is 14.7 Å². The van der Waals surface area contributed by atoms with Crippen LogP contribution in [0.25, 0.3) is 0 Å². The first-order chi connectivity index (χ1) is 11.6. The highest BCUT2D eigenvalue weighted by Crippen LogP contribution is 2.13. The number of ether oxygens (including phenoxy) is 1. The van der Waals surface area contributed by atoms with Crippen molar-refractivity contribution in [2.75, 3.05) is 19.7 Å². The molecule has 1 N–H and O–H groups in total. The fourth-order valence-electron chi connectivity index (χ4n) is 2.74. The summed E-state index contributed by atoms with van der Waals surface area (Å²) in [6.07, 6.45) is 2.71. The minimum absolute atomic E-state index is 0.100. The Morgan fingerprint density at radius 2 is 2.08 bits per heavy atom. The SMILES string of the molecule is O=C(O)CC1CN(C(=O)c2cnn(Cc3ccccc3)c2)CCO1. The quantitative estimate of drug-likeness (QED) is 0.892. The van der Waals surface area contributed by atoms with E-state index >= 15 is 0 Å². The van der Waals surface area contributed by atoms with Gasteiger partial charge in [-0.15, -0.1) is 0 Å². The van der Waals surface area contributed by atoms with E-state index in [-0.39, 0.29) is 18.9 Å². The zero-order valence-electron chi connectivity index (χ0n) is 13.2. The zero-order chi connectivity index (χ0) is 16.9. The molecule has 1 aromatic carbocycles. The van der Waals surface area contributed by atoms with Gasteiger partial charge in [0.15, 0.2) is 0 Å². The Kier molecular flexibility index (Phi) is 4.90. The van der Waals surface area contributed by atoms with Gasteiger partial charge in [-0.25, -0.2) is 0 Å². The molecule has 1 amide bonds. The number of carboxylic acid groups (broad SMARTS) is 1. The fraction of sp³-hybridized carbons (Fsp3) is 0.353. The van der Waals surface area contributed by atoms with E-state index in [2.05, 4.69) is 5.10 Å². The van der Waals surface area contributed by atoms with Crippen LogP contribution in [0.4, 0.5) is 0 Å². The molecule has 0 saturated carbocycles. The number of carboxylic acids is 1. The largest absolute Gasteiger partial charge is 0.481 e. The molecule has 126 valence electrons. The second-order valence-electron chi connectivity index (χ2n) is 5.75. The van der Waals surface area contributed by atoms with Crippen LogP contribution >= 0.6 is 0 Å². The maximum absolute atomic E-state index is 12.6. The van der Waals surface area contributed by atoms with Crippen LogP contribution in [-0.2, 0) is 16.1 Å². The molecule has 0 spiro atoms. The molecule has 1 unspecified atom stereocenters. The fourth-order valence-corrected chi connectivity index (χ4v) is 2.74. The first-order valence-electron chi connectivity index (χ1n) is 7.81. The number of benzene rings is 1. The number of aromatic nitrogens is 2. The number of rotatable bonds is 5. The number of carbonyl (C=O) groups excluding carboxylic acids is 1. The van der Waals surface area contributed by atoms with E-state index in [9.17, 15) is 9.59 Å². The van der Waals surface area contributed by atoms with Gasteiger partial charge in [0, 0.05) is 19.3 Å². The number of nitrogens with zero attached hydrogens (tertiary/aromatic N) is 3. The lowest BCUT2D eigenvalue weighted by Crippen LogP contribution is -2.46. The minimum Gasteiger partial charge on any atom is -0.481 e. The van der Waals surface area contributed by atoms with Gasteiger partial charge in [0.1, 0.15) is 0 Å². The molecule has 1 atom stereocenters. The Morgan fingerprint density at radius 1 is 1.29 bits per heavy atom. The van der Waals surface area contributed by atoms with Crippen molar-refractivity contribution >= 4 is 11.9 Å². The molecule has 2 aromatic rings. The van der Waals surface area contributed by atoms with E-state index in [1.807, 2.05) is 30.3 Å². The van der Waals surface area contributed by atoms with Gasteiger partial charge < -0.3 is 14.7 Å². The average molecular weight is 329 g/mol. The monoisotopic (exact) mass is 329 g/mol. The van der Waals surface area contributed by atoms with E-state index in [0.29, 0.717) is 25.3 Å². The zero-order valence-corrected chi connectivity index (χ0v) is 13.2. The molecule has 0 radical (unpaired) electrons. The summed E-state index contributed by atoms with van der Waals surface area (Å²) in [6, 6.07) is 9.87. The van der Waals surface area contributed by atoms with Crippen LogP contribution in [0, 0.1) is 0 Å². The smallest absolute Gasteiger partial charge is 0.306 e. The molecule has 7 nitrogen and oxygen atoms in total. The van der Waals surface area contributed by atoms with Gasteiger partial charge in [0.25, 0.3) is 5.91 Å². The van der Waals surface area contributed by atoms with E-state index in [1.165, 1.54) is 0 Å². The van der Waals surface area contributed by atoms with Crippen molar-refractivity contribution in [3.05, 3.63) is 53.9 Å². The van der Waals surface area contributed by atoms with Crippen LogP contribution < -0.4 is 0 Å². The number of amides is 1. The number of hydrogen-bond acceptors (Lipinski definition) is 4. The lowest BCUT2D eigenvalue weighted by Gasteiger charge is -2.32. The Balaban J connectivity index is 1.64. The van der Waals surface area contributed by atoms with Gasteiger partial charge in [0.2, 0.25) is 0 Å². The van der Waals surface area contributed by atoms with Crippen molar-refractivity contribution in [2.45, 2.75) is 19.1 Å². The average Bonchev–Trinajstić information content (AvgIpc) is 3.03. The van der Waals surface area contributed by atoms with E-state index in [1.54, 1.807) is 22.0 Å². The van der Waals surface area contributed by atoms with Gasteiger partial charge in [0.05, 0.1) is 37.4 Å². The first kappa shape index (κ1) is 16.2. The molecule has 1 aliphatic heterocycles. The molecule has 0 bridgehead atoms. The molecule has 3 rings (SSSR count). The highest BCUT2D eigenvalue weighted by atomic mass is 16.5. The predicted octanol–water partition coefficient (Wildman–Crippen LogP) is 1.25. The molecule has 2 heterocycles. The molecule has 1 fully saturated rings. The Morgan fingerprint density at radius 3 is 2.83 bits per heavy atom. The summed E-state index contributed by atoms with van der Waals surface area (Å²) in [6.45, 7) is 1.69. The standard InChI is InChI=1S/C17H19N3O4/c21-16(22)8-15-12-19(6-7-24-15)17(23)14-9-18-20(11-14)10-13-4-2-1-3-5-13/h1-5,9,11,15H,6-8,10,12H2,(H,21,22). The number of carbonyl (C=O) groups is 2. The third-order valence-electron chi connectivity index (χ3n) is 3.90. The summed E-state index contributed by atoms with van der Waals surface area (Å²) in [5, 5.41) is 13.1. The lowest BCUT2D eigenvalue weighted by atomic mass is 10.2. The van der Waals surface area contributed by atoms with Crippen LogP contribution in [0.15, 0.2) is 42.7 Å². The number of morpholine rings is 1. The second-order valence-corrected chi connectivity index (χ2v) is 5.75. The molecular weight excluding hydrogens is 310 g/mol. The normalized spacial score (nSPS) is 17.7. The minimum atomic E-state index is -0.926. The van der Waals surface area contributed by atoms with Crippen LogP contribution in [-0.4, -0.2) is 57.5 Å². The highest BCUT2D eigenvalue weighted by Gasteiger charge is 2.27. The summed E-state index contributed by atoms with van der Waals surface area (Å²) < 4.78 is 7.11. The molecule has 1 saturated heterocycles. The van der Waals surface area contributed by atoms with Gasteiger partial charge in [-0.2, -0.15) is 5.10 Å². The Hall–Kier alpha value is -2.67. The summed E-state index contributed by atoms with van der Waals surface area (Å²) in [5.74, 6) is -1.07. The highest BCUT2D eigenvalue weighted by molar-refractivity contribution is 5.93. The van der Waals surface area contributed by atoms with Gasteiger partial charge in [-0.3, -0.25) is 14.3 Å². The van der Waals surface area contributed by atoms with Gasteiger partial charge in [-0.1, -0.05) is 30.3 Å². The van der Waals surface area contributed by atoms with Crippen LogP contribution in [0.2, 0.25) is 0 Å². The van der Waals surface area contributed by atoms with E-state index in [0.717, 1.165) is 5.56 Å². The van der Waals surface area contributed by atoms with Crippen molar-refractivity contribution in [1.29, 1.82) is 0 Å². The number of aliphatic carboxylic acids is 1. The summed E-state index contributed by atoms with van der Waals surface area (Å²) in [7, 11) is 0. The molecule has 7 heteroatoms. The maximum Gasteiger partial charge on any atom is 0.306 e. The van der Waals surface area contributed by atoms with Crippen LogP contribution in [0.5, 0.6) is 0 Å². The maximum atomic E-state index is 12.6. The topological polar surface area (TPSA) is 84.7 Å². The second kappa shape index (κ2) is 7.27. The van der Waals surface area contributed by atoms with Crippen molar-refractivity contribution < 1.29 is 19.4 Å². The van der Waals surface area contributed by atoms with Crippen molar-refractivity contribution in [2.24, 2.45) is 0 Å². The summed E-state index contributed by atoms with van der Waals surface area (Å²) >= 11 is 0. The first-order valence-corrected chi connectivity index (χ1v) is 7.81. The predicted molar refractivity (Wildman–Crippen MR) is 85.7 cm³/mol. The molecule has 1 aliphatic rings. The lowest BCUT2D eigenvalue weighted by molar-refractivity contribution is -0.141. The third-order valence-corrected chi connectivity index (χ3v) is 3.90. The summed E-state index contributed by atoms with van der Waals surface area (Å²) in [5.41, 5.74) is 1.61. The van der Waals surface area contributed by atoms with E-state index < -0.39 is 12.1 Å². The van der Waals surface area contributed by atoms with Crippen molar-refractivity contribution in [3.63, 3.8) is 0 Å². The van der Waals surface area contributed by atoms with Crippen LogP contribution in [0.1, 0.15) is 22.3 Å². The number of hydrogen-bond donors (Lipinski definition) is 1. The van der Waals surface area contributed by atoms with Crippen molar-refractivity contribution in [3.8, 4) is 0 Å². The molecule has 0 aliphatic carbocycles. The molecular formula is C17H19N3O4. The Labute approximate surface area is 139 Å². The third kappa shape index (κ3) is 3.99. The Bertz CT molecular complexity index is 714. The molecule has 1 aromatic heterocycles. The summed E-state index contributed by atoms with van der Waals surface area (Å²) in [4.78, 5) is 25.0. The van der Waals surface area contributed by atoms with Gasteiger partial charge in [-0.05, 0) is 5.56 Å². The molecule has 24 heavy (non-hydrogen) atoms.